The quantitative estimate of drug-likeness (QED) is 0.612. The second-order valence-electron chi connectivity index (χ2n) is 5.80. The summed E-state index contributed by atoms with van der Waals surface area (Å²) in [5, 5.41) is 6.35. The van der Waals surface area contributed by atoms with Crippen LogP contribution in [0.5, 0.6) is 5.75 Å². The van der Waals surface area contributed by atoms with Crippen LogP contribution in [-0.4, -0.2) is 39.4 Å². The minimum absolute atomic E-state index is 0.225. The molecule has 0 saturated carbocycles. The third-order valence-corrected chi connectivity index (χ3v) is 4.56. The fraction of sp³-hybridized carbons (Fsp3) is 0.500. The highest BCUT2D eigenvalue weighted by Gasteiger charge is 2.37. The molecule has 2 N–H and O–H groups in total. The Kier molecular flexibility index (Phi) is 6.77. The maximum absolute atomic E-state index is 12.0. The monoisotopic (exact) mass is 350 g/mol. The van der Waals surface area contributed by atoms with Gasteiger partial charge in [-0.3, -0.25) is 0 Å². The zero-order valence-electron chi connectivity index (χ0n) is 13.9. The predicted molar refractivity (Wildman–Crippen MR) is 94.6 cm³/mol. The first kappa shape index (κ1) is 18.4. The van der Waals surface area contributed by atoms with Gasteiger partial charge in [0.2, 0.25) is 0 Å². The molecule has 1 aromatic carbocycles. The van der Waals surface area contributed by atoms with Gasteiger partial charge in [0.15, 0.2) is 0 Å². The second kappa shape index (κ2) is 8.81. The fourth-order valence-electron chi connectivity index (χ4n) is 2.96. The number of hydrogen-bond donors (Lipinski definition) is 2. The first-order valence-electron chi connectivity index (χ1n) is 7.98. The number of amides is 2. The van der Waals surface area contributed by atoms with Crippen molar-refractivity contribution < 1.29 is 14.3 Å². The number of rotatable bonds is 6. The lowest BCUT2D eigenvalue weighted by molar-refractivity contribution is 0.0498. The van der Waals surface area contributed by atoms with Crippen LogP contribution in [0.4, 0.5) is 4.79 Å². The zero-order valence-corrected chi connectivity index (χ0v) is 14.6. The molecule has 0 unspecified atom stereocenters. The van der Waals surface area contributed by atoms with E-state index in [0.29, 0.717) is 37.7 Å². The average Bonchev–Trinajstić information content (AvgIpc) is 2.61. The van der Waals surface area contributed by atoms with Crippen LogP contribution in [0, 0.1) is 12.3 Å². The van der Waals surface area contributed by atoms with Crippen LogP contribution in [-0.2, 0) is 10.2 Å². The molecule has 1 aromatic rings. The Morgan fingerprint density at radius 2 is 2.17 bits per heavy atom. The molecule has 5 nitrogen and oxygen atoms in total. The van der Waals surface area contributed by atoms with Gasteiger partial charge in [0.1, 0.15) is 5.75 Å². The van der Waals surface area contributed by atoms with Gasteiger partial charge in [-0.05, 0) is 31.0 Å². The molecule has 2 rings (SSSR count). The van der Waals surface area contributed by atoms with E-state index in [1.165, 1.54) is 0 Å². The van der Waals surface area contributed by atoms with Crippen molar-refractivity contribution in [2.45, 2.75) is 24.7 Å². The molecular weight excluding hydrogens is 328 g/mol. The van der Waals surface area contributed by atoms with Crippen molar-refractivity contribution in [1.82, 2.24) is 10.6 Å². The SMILES string of the molecule is C#CCCNC(=O)NCC1(c2cc(Cl)ccc2OC)CCOCC1. The van der Waals surface area contributed by atoms with Crippen molar-refractivity contribution in [3.8, 4) is 18.1 Å². The number of hydrogen-bond acceptors (Lipinski definition) is 3. The highest BCUT2D eigenvalue weighted by molar-refractivity contribution is 6.30. The maximum Gasteiger partial charge on any atom is 0.314 e. The third-order valence-electron chi connectivity index (χ3n) is 4.33. The van der Waals surface area contributed by atoms with Crippen LogP contribution in [0.2, 0.25) is 5.02 Å². The van der Waals surface area contributed by atoms with Crippen LogP contribution in [0.25, 0.3) is 0 Å². The van der Waals surface area contributed by atoms with Crippen molar-refractivity contribution in [2.75, 3.05) is 33.4 Å². The summed E-state index contributed by atoms with van der Waals surface area (Å²) in [4.78, 5) is 12.0. The van der Waals surface area contributed by atoms with Gasteiger partial charge in [-0.15, -0.1) is 12.3 Å². The molecule has 2 amide bonds. The zero-order chi connectivity index (χ0) is 17.4. The number of benzene rings is 1. The molecule has 24 heavy (non-hydrogen) atoms. The molecule has 0 aliphatic carbocycles. The van der Waals surface area contributed by atoms with E-state index in [9.17, 15) is 4.79 Å². The fourth-order valence-corrected chi connectivity index (χ4v) is 3.13. The minimum atomic E-state index is -0.266. The van der Waals surface area contributed by atoms with Gasteiger partial charge in [-0.25, -0.2) is 4.79 Å². The summed E-state index contributed by atoms with van der Waals surface area (Å²) in [6.07, 6.45) is 7.27. The largest absolute Gasteiger partial charge is 0.496 e. The van der Waals surface area contributed by atoms with Crippen molar-refractivity contribution in [3.63, 3.8) is 0 Å². The lowest BCUT2D eigenvalue weighted by Crippen LogP contribution is -2.47. The summed E-state index contributed by atoms with van der Waals surface area (Å²) in [5.41, 5.74) is 0.738. The van der Waals surface area contributed by atoms with Crippen molar-refractivity contribution in [2.24, 2.45) is 0 Å². The van der Waals surface area contributed by atoms with E-state index < -0.39 is 0 Å². The molecule has 0 bridgehead atoms. The lowest BCUT2D eigenvalue weighted by atomic mass is 9.73. The normalized spacial score (nSPS) is 16.0. The van der Waals surface area contributed by atoms with Gasteiger partial charge in [0.25, 0.3) is 0 Å². The van der Waals surface area contributed by atoms with E-state index in [4.69, 9.17) is 27.5 Å². The first-order valence-corrected chi connectivity index (χ1v) is 8.36. The number of ether oxygens (including phenoxy) is 2. The molecule has 0 aromatic heterocycles. The topological polar surface area (TPSA) is 59.6 Å². The van der Waals surface area contributed by atoms with Crippen molar-refractivity contribution in [3.05, 3.63) is 28.8 Å². The lowest BCUT2D eigenvalue weighted by Gasteiger charge is -2.38. The van der Waals surface area contributed by atoms with Crippen LogP contribution in [0.15, 0.2) is 18.2 Å². The second-order valence-corrected chi connectivity index (χ2v) is 6.24. The molecule has 0 spiro atoms. The smallest absolute Gasteiger partial charge is 0.314 e. The van der Waals surface area contributed by atoms with Gasteiger partial charge in [-0.2, -0.15) is 0 Å². The molecule has 130 valence electrons. The van der Waals surface area contributed by atoms with Gasteiger partial charge in [0, 0.05) is 48.7 Å². The molecule has 1 aliphatic rings. The maximum atomic E-state index is 12.0. The summed E-state index contributed by atoms with van der Waals surface area (Å²) in [5.74, 6) is 3.27. The van der Waals surface area contributed by atoms with E-state index in [2.05, 4.69) is 16.6 Å². The van der Waals surface area contributed by atoms with E-state index in [-0.39, 0.29) is 11.4 Å². The summed E-state index contributed by atoms with van der Waals surface area (Å²) in [7, 11) is 1.64. The number of terminal acetylenes is 1. The van der Waals surface area contributed by atoms with Gasteiger partial charge in [-0.1, -0.05) is 11.6 Å². The van der Waals surface area contributed by atoms with Crippen molar-refractivity contribution >= 4 is 17.6 Å². The Morgan fingerprint density at radius 3 is 2.83 bits per heavy atom. The number of urea groups is 1. The number of carbonyl (C=O) groups excluding carboxylic acids is 1. The summed E-state index contributed by atoms with van der Waals surface area (Å²) < 4.78 is 11.0. The van der Waals surface area contributed by atoms with Crippen LogP contribution in [0.3, 0.4) is 0 Å². The van der Waals surface area contributed by atoms with Gasteiger partial charge < -0.3 is 20.1 Å². The molecular formula is C18H23ClN2O3. The van der Waals surface area contributed by atoms with Crippen LogP contribution < -0.4 is 15.4 Å². The summed E-state index contributed by atoms with van der Waals surface area (Å²) >= 11 is 6.20. The molecule has 1 aliphatic heterocycles. The Bertz CT molecular complexity index is 607. The highest BCUT2D eigenvalue weighted by atomic mass is 35.5. The average molecular weight is 351 g/mol. The van der Waals surface area contributed by atoms with E-state index in [0.717, 1.165) is 24.2 Å². The number of carbonyl (C=O) groups is 1. The predicted octanol–water partition coefficient (Wildman–Crippen LogP) is 2.72. The summed E-state index contributed by atoms with van der Waals surface area (Å²) in [6.45, 7) is 2.21. The molecule has 6 heteroatoms. The first-order chi connectivity index (χ1) is 11.6. The van der Waals surface area contributed by atoms with E-state index in [1.807, 2.05) is 12.1 Å². The number of methoxy groups -OCH3 is 1. The number of nitrogens with one attached hydrogen (secondary N) is 2. The number of halogens is 1. The molecule has 0 atom stereocenters. The third kappa shape index (κ3) is 4.56. The van der Waals surface area contributed by atoms with Gasteiger partial charge in [0.05, 0.1) is 7.11 Å². The van der Waals surface area contributed by atoms with E-state index in [1.54, 1.807) is 13.2 Å². The molecule has 1 fully saturated rings. The Labute approximate surface area is 148 Å². The molecule has 0 radical (unpaired) electrons. The van der Waals surface area contributed by atoms with Crippen LogP contribution in [0.1, 0.15) is 24.8 Å². The Hall–Kier alpha value is -1.90. The van der Waals surface area contributed by atoms with Gasteiger partial charge >= 0.3 is 6.03 Å². The summed E-state index contributed by atoms with van der Waals surface area (Å²) in [6, 6.07) is 5.36. The Balaban J connectivity index is 2.17. The Morgan fingerprint density at radius 1 is 1.42 bits per heavy atom. The molecule has 1 heterocycles. The highest BCUT2D eigenvalue weighted by Crippen LogP contribution is 2.40. The van der Waals surface area contributed by atoms with E-state index >= 15 is 0 Å². The van der Waals surface area contributed by atoms with Crippen molar-refractivity contribution in [1.29, 1.82) is 0 Å². The minimum Gasteiger partial charge on any atom is -0.496 e. The molecule has 1 saturated heterocycles. The standard InChI is InChI=1S/C18H23ClN2O3/c1-3-4-9-20-17(22)21-13-18(7-10-24-11-8-18)15-12-14(19)5-6-16(15)23-2/h1,5-6,12H,4,7-11,13H2,2H3,(H2,20,21,22). The van der Waals surface area contributed by atoms with Crippen LogP contribution >= 0.6 is 11.6 Å².